The van der Waals surface area contributed by atoms with Gasteiger partial charge in [0.2, 0.25) is 0 Å². The van der Waals surface area contributed by atoms with Crippen molar-refractivity contribution in [2.45, 2.75) is 71.3 Å². The van der Waals surface area contributed by atoms with E-state index in [1.807, 2.05) is 6.07 Å². The van der Waals surface area contributed by atoms with Crippen molar-refractivity contribution in [3.63, 3.8) is 0 Å². The Morgan fingerprint density at radius 3 is 2.61 bits per heavy atom. The van der Waals surface area contributed by atoms with Crippen molar-refractivity contribution in [1.82, 2.24) is 4.90 Å². The molecule has 1 aromatic carbocycles. The molecule has 0 aromatic heterocycles. The summed E-state index contributed by atoms with van der Waals surface area (Å²) in [5.74, 6) is 0.339. The van der Waals surface area contributed by atoms with E-state index in [1.54, 1.807) is 6.07 Å². The topological polar surface area (TPSA) is 3.24 Å². The van der Waals surface area contributed by atoms with Gasteiger partial charge < -0.3 is 4.90 Å². The first kappa shape index (κ1) is 16.3. The molecule has 2 heteroatoms. The molecule has 1 aromatic rings. The second-order valence-corrected chi connectivity index (χ2v) is 7.24. The zero-order chi connectivity index (χ0) is 16.4. The summed E-state index contributed by atoms with van der Waals surface area (Å²) in [6.07, 6.45) is 11.5. The smallest absolute Gasteiger partial charge is 0.131 e. The molecule has 23 heavy (non-hydrogen) atoms. The maximum absolute atomic E-state index is 14.7. The Morgan fingerprint density at radius 1 is 1.22 bits per heavy atom. The molecule has 124 valence electrons. The number of hydrogen-bond donors (Lipinski definition) is 0. The predicted octanol–water partition coefficient (Wildman–Crippen LogP) is 6.23. The highest BCUT2D eigenvalue weighted by Crippen LogP contribution is 2.34. The Bertz CT molecular complexity index is 623. The highest BCUT2D eigenvalue weighted by atomic mass is 19.1. The van der Waals surface area contributed by atoms with Crippen LogP contribution in [0.2, 0.25) is 0 Å². The van der Waals surface area contributed by atoms with Crippen LogP contribution in [0.4, 0.5) is 4.39 Å². The quantitative estimate of drug-likeness (QED) is 0.636. The van der Waals surface area contributed by atoms with Gasteiger partial charge in [0.1, 0.15) is 5.82 Å². The van der Waals surface area contributed by atoms with Crippen LogP contribution in [-0.4, -0.2) is 10.9 Å². The zero-order valence-electron chi connectivity index (χ0n) is 14.6. The fourth-order valence-electron chi connectivity index (χ4n) is 3.78. The summed E-state index contributed by atoms with van der Waals surface area (Å²) in [4.78, 5) is 2.34. The van der Waals surface area contributed by atoms with Gasteiger partial charge in [-0.2, -0.15) is 0 Å². The molecule has 1 unspecified atom stereocenters. The van der Waals surface area contributed by atoms with Crippen molar-refractivity contribution in [3.8, 4) is 0 Å². The summed E-state index contributed by atoms with van der Waals surface area (Å²) in [6.45, 7) is 6.46. The number of allylic oxidation sites excluding steroid dienone is 2. The van der Waals surface area contributed by atoms with E-state index in [-0.39, 0.29) is 5.82 Å². The number of hydrogen-bond acceptors (Lipinski definition) is 1. The molecule has 1 fully saturated rings. The van der Waals surface area contributed by atoms with Crippen molar-refractivity contribution < 1.29 is 4.39 Å². The largest absolute Gasteiger partial charge is 0.351 e. The monoisotopic (exact) mass is 313 g/mol. The average Bonchev–Trinajstić information content (AvgIpc) is 3.08. The molecular weight excluding hydrogens is 285 g/mol. The van der Waals surface area contributed by atoms with Crippen LogP contribution in [0.25, 0.3) is 5.57 Å². The standard InChI is InChI=1S/C21H28FN/c1-4-16(3)17-9-10-20(21(22)12-17)18-11-15(2)13-23(14-18)19-7-5-6-8-19/h9-10,12-14,16,19H,4-8,11H2,1-3H3. The van der Waals surface area contributed by atoms with Gasteiger partial charge in [-0.3, -0.25) is 0 Å². The fraction of sp³-hybridized carbons (Fsp3) is 0.524. The number of rotatable bonds is 4. The molecule has 0 bridgehead atoms. The maximum Gasteiger partial charge on any atom is 0.131 e. The van der Waals surface area contributed by atoms with Crippen LogP contribution in [0.1, 0.15) is 76.3 Å². The number of halogens is 1. The summed E-state index contributed by atoms with van der Waals surface area (Å²) in [6, 6.07) is 6.41. The molecule has 1 atom stereocenters. The van der Waals surface area contributed by atoms with Gasteiger partial charge in [0.25, 0.3) is 0 Å². The van der Waals surface area contributed by atoms with E-state index in [4.69, 9.17) is 0 Å². The predicted molar refractivity (Wildman–Crippen MR) is 95.6 cm³/mol. The molecule has 1 heterocycles. The Hall–Kier alpha value is -1.57. The van der Waals surface area contributed by atoms with Gasteiger partial charge >= 0.3 is 0 Å². The molecule has 2 aliphatic rings. The Morgan fingerprint density at radius 2 is 1.96 bits per heavy atom. The molecule has 1 aliphatic carbocycles. The highest BCUT2D eigenvalue weighted by molar-refractivity contribution is 5.69. The van der Waals surface area contributed by atoms with Crippen molar-refractivity contribution >= 4 is 5.57 Å². The normalized spacial score (nSPS) is 20.4. The zero-order valence-corrected chi connectivity index (χ0v) is 14.6. The molecule has 0 amide bonds. The van der Waals surface area contributed by atoms with Crippen LogP contribution < -0.4 is 0 Å². The first-order chi connectivity index (χ1) is 11.1. The minimum Gasteiger partial charge on any atom is -0.351 e. The van der Waals surface area contributed by atoms with Crippen LogP contribution in [0, 0.1) is 5.82 Å². The molecule has 0 N–H and O–H groups in total. The van der Waals surface area contributed by atoms with Gasteiger partial charge in [-0.05, 0) is 55.7 Å². The van der Waals surface area contributed by atoms with E-state index in [9.17, 15) is 4.39 Å². The van der Waals surface area contributed by atoms with Gasteiger partial charge in [0, 0.05) is 24.0 Å². The van der Waals surface area contributed by atoms with E-state index in [0.29, 0.717) is 12.0 Å². The first-order valence-electron chi connectivity index (χ1n) is 9.03. The summed E-state index contributed by atoms with van der Waals surface area (Å²) in [5, 5.41) is 0. The maximum atomic E-state index is 14.7. The summed E-state index contributed by atoms with van der Waals surface area (Å²) < 4.78 is 14.7. The van der Waals surface area contributed by atoms with Crippen LogP contribution in [0.3, 0.4) is 0 Å². The molecule has 0 spiro atoms. The summed E-state index contributed by atoms with van der Waals surface area (Å²) >= 11 is 0. The number of nitrogens with zero attached hydrogens (tertiary/aromatic N) is 1. The SMILES string of the molecule is CCC(C)c1ccc(C2=CN(C3CCCC3)C=C(C)C2)c(F)c1. The van der Waals surface area contributed by atoms with Crippen molar-refractivity contribution in [1.29, 1.82) is 0 Å². The Balaban J connectivity index is 1.88. The fourth-order valence-corrected chi connectivity index (χ4v) is 3.78. The van der Waals surface area contributed by atoms with Crippen LogP contribution >= 0.6 is 0 Å². The van der Waals surface area contributed by atoms with E-state index in [1.165, 1.54) is 31.3 Å². The first-order valence-corrected chi connectivity index (χ1v) is 9.03. The molecule has 0 saturated heterocycles. The van der Waals surface area contributed by atoms with Crippen LogP contribution in [0.5, 0.6) is 0 Å². The van der Waals surface area contributed by atoms with E-state index >= 15 is 0 Å². The Kier molecular flexibility index (Phi) is 4.89. The third-order valence-electron chi connectivity index (χ3n) is 5.41. The highest BCUT2D eigenvalue weighted by Gasteiger charge is 2.23. The summed E-state index contributed by atoms with van der Waals surface area (Å²) in [7, 11) is 0. The summed E-state index contributed by atoms with van der Waals surface area (Å²) in [5.41, 5.74) is 4.31. The molecule has 0 radical (unpaired) electrons. The third kappa shape index (κ3) is 3.52. The van der Waals surface area contributed by atoms with Crippen molar-refractivity contribution in [2.24, 2.45) is 0 Å². The molecule has 1 nitrogen and oxygen atoms in total. The van der Waals surface area contributed by atoms with Gasteiger partial charge in [0.05, 0.1) is 0 Å². The van der Waals surface area contributed by atoms with Crippen LogP contribution in [0.15, 0.2) is 36.2 Å². The average molecular weight is 313 g/mol. The lowest BCUT2D eigenvalue weighted by Crippen LogP contribution is -2.25. The lowest BCUT2D eigenvalue weighted by molar-refractivity contribution is 0.365. The van der Waals surface area contributed by atoms with E-state index < -0.39 is 0 Å². The van der Waals surface area contributed by atoms with E-state index in [2.05, 4.69) is 44.1 Å². The third-order valence-corrected chi connectivity index (χ3v) is 5.41. The van der Waals surface area contributed by atoms with E-state index in [0.717, 1.165) is 29.5 Å². The second kappa shape index (κ2) is 6.90. The Labute approximate surface area is 139 Å². The molecular formula is C21H28FN. The lowest BCUT2D eigenvalue weighted by atomic mass is 9.92. The van der Waals surface area contributed by atoms with Gasteiger partial charge in [-0.25, -0.2) is 4.39 Å². The van der Waals surface area contributed by atoms with Gasteiger partial charge in [-0.1, -0.05) is 44.4 Å². The second-order valence-electron chi connectivity index (χ2n) is 7.24. The molecule has 1 saturated carbocycles. The minimum atomic E-state index is -0.0740. The molecule has 3 rings (SSSR count). The van der Waals surface area contributed by atoms with Gasteiger partial charge in [-0.15, -0.1) is 0 Å². The van der Waals surface area contributed by atoms with Gasteiger partial charge in [0.15, 0.2) is 0 Å². The number of benzene rings is 1. The molecule has 1 aliphatic heterocycles. The lowest BCUT2D eigenvalue weighted by Gasteiger charge is -2.30. The van der Waals surface area contributed by atoms with Crippen molar-refractivity contribution in [3.05, 3.63) is 53.1 Å². The van der Waals surface area contributed by atoms with Crippen LogP contribution in [-0.2, 0) is 0 Å². The van der Waals surface area contributed by atoms with Crippen molar-refractivity contribution in [2.75, 3.05) is 0 Å². The minimum absolute atomic E-state index is 0.0740.